The maximum Gasteiger partial charge on any atom is 0.230 e. The molecule has 9 heteroatoms. The van der Waals surface area contributed by atoms with Crippen molar-refractivity contribution < 1.29 is 13.6 Å². The molecule has 6 nitrogen and oxygen atoms in total. The van der Waals surface area contributed by atoms with E-state index in [4.69, 9.17) is 4.42 Å². The molecule has 3 aromatic rings. The van der Waals surface area contributed by atoms with Gasteiger partial charge in [-0.25, -0.2) is 4.39 Å². The van der Waals surface area contributed by atoms with Crippen LogP contribution in [0.4, 0.5) is 9.52 Å². The van der Waals surface area contributed by atoms with E-state index in [1.807, 2.05) is 12.1 Å². The van der Waals surface area contributed by atoms with Gasteiger partial charge in [0.2, 0.25) is 11.0 Å². The molecule has 0 bridgehead atoms. The maximum atomic E-state index is 12.8. The van der Waals surface area contributed by atoms with Crippen molar-refractivity contribution in [3.05, 3.63) is 59.8 Å². The number of aromatic nitrogens is 2. The third-order valence-electron chi connectivity index (χ3n) is 3.38. The quantitative estimate of drug-likeness (QED) is 0.544. The van der Waals surface area contributed by atoms with E-state index >= 15 is 0 Å². The van der Waals surface area contributed by atoms with E-state index in [2.05, 4.69) is 20.8 Å². The number of thioether (sulfide) groups is 1. The standard InChI is InChI=1S/C17H17FN4O2S2/c18-13-5-3-12(4-6-13)7-8-19-15(23)11-25-17-22-21-16(26-17)20-10-14-2-1-9-24-14/h1-6,9H,7-8,10-11H2,(H,19,23)(H,20,21). The van der Waals surface area contributed by atoms with Gasteiger partial charge >= 0.3 is 0 Å². The first-order valence-corrected chi connectivity index (χ1v) is 9.73. The van der Waals surface area contributed by atoms with Gasteiger partial charge in [0.05, 0.1) is 18.6 Å². The highest BCUT2D eigenvalue weighted by Gasteiger charge is 2.08. The molecule has 0 radical (unpaired) electrons. The number of nitrogens with one attached hydrogen (secondary N) is 2. The van der Waals surface area contributed by atoms with Crippen molar-refractivity contribution in [1.29, 1.82) is 0 Å². The Labute approximate surface area is 158 Å². The van der Waals surface area contributed by atoms with Crippen LogP contribution in [-0.2, 0) is 17.8 Å². The van der Waals surface area contributed by atoms with Crippen molar-refractivity contribution in [2.45, 2.75) is 17.3 Å². The van der Waals surface area contributed by atoms with Crippen LogP contribution < -0.4 is 10.6 Å². The van der Waals surface area contributed by atoms with Crippen molar-refractivity contribution in [2.24, 2.45) is 0 Å². The normalized spacial score (nSPS) is 10.7. The first-order valence-electron chi connectivity index (χ1n) is 7.93. The molecule has 0 atom stereocenters. The minimum atomic E-state index is -0.260. The van der Waals surface area contributed by atoms with E-state index < -0.39 is 0 Å². The van der Waals surface area contributed by atoms with Gasteiger partial charge in [-0.05, 0) is 36.2 Å². The molecule has 0 fully saturated rings. The van der Waals surface area contributed by atoms with E-state index in [1.54, 1.807) is 18.4 Å². The lowest BCUT2D eigenvalue weighted by atomic mass is 10.1. The van der Waals surface area contributed by atoms with Crippen molar-refractivity contribution in [3.63, 3.8) is 0 Å². The van der Waals surface area contributed by atoms with E-state index in [1.165, 1.54) is 35.2 Å². The van der Waals surface area contributed by atoms with Crippen LogP contribution in [0.5, 0.6) is 0 Å². The van der Waals surface area contributed by atoms with Gasteiger partial charge in [0, 0.05) is 6.54 Å². The Balaban J connectivity index is 1.34. The topological polar surface area (TPSA) is 80.1 Å². The predicted octanol–water partition coefficient (Wildman–Crippen LogP) is 3.33. The summed E-state index contributed by atoms with van der Waals surface area (Å²) in [7, 11) is 0. The third kappa shape index (κ3) is 5.85. The monoisotopic (exact) mass is 392 g/mol. The smallest absolute Gasteiger partial charge is 0.230 e. The Bertz CT molecular complexity index is 822. The Morgan fingerprint density at radius 3 is 2.85 bits per heavy atom. The molecule has 0 aliphatic rings. The number of anilines is 1. The Hall–Kier alpha value is -2.39. The van der Waals surface area contributed by atoms with E-state index in [9.17, 15) is 9.18 Å². The highest BCUT2D eigenvalue weighted by Crippen LogP contribution is 2.25. The predicted molar refractivity (Wildman–Crippen MR) is 99.8 cm³/mol. The molecule has 2 heterocycles. The summed E-state index contributed by atoms with van der Waals surface area (Å²) in [5.74, 6) is 0.757. The Kier molecular flexibility index (Phi) is 6.62. The van der Waals surface area contributed by atoms with Crippen molar-refractivity contribution in [3.8, 4) is 0 Å². The van der Waals surface area contributed by atoms with Gasteiger partial charge in [-0.2, -0.15) is 0 Å². The number of halogens is 1. The van der Waals surface area contributed by atoms with E-state index in [-0.39, 0.29) is 17.5 Å². The van der Waals surface area contributed by atoms with Crippen LogP contribution >= 0.6 is 23.1 Å². The lowest BCUT2D eigenvalue weighted by Crippen LogP contribution is -2.27. The van der Waals surface area contributed by atoms with Gasteiger partial charge in [0.25, 0.3) is 0 Å². The summed E-state index contributed by atoms with van der Waals surface area (Å²) in [6.07, 6.45) is 2.28. The lowest BCUT2D eigenvalue weighted by Gasteiger charge is -2.04. The minimum absolute atomic E-state index is 0.0718. The van der Waals surface area contributed by atoms with Crippen LogP contribution in [0.15, 0.2) is 51.4 Å². The fraction of sp³-hybridized carbons (Fsp3) is 0.235. The number of carbonyl (C=O) groups is 1. The zero-order chi connectivity index (χ0) is 18.2. The van der Waals surface area contributed by atoms with Crippen LogP contribution in [0.25, 0.3) is 0 Å². The second kappa shape index (κ2) is 9.35. The number of benzene rings is 1. The molecule has 0 aliphatic heterocycles. The van der Waals surface area contributed by atoms with Crippen LogP contribution in [0.2, 0.25) is 0 Å². The summed E-state index contributed by atoms with van der Waals surface area (Å²) in [5.41, 5.74) is 0.982. The molecule has 136 valence electrons. The van der Waals surface area contributed by atoms with Crippen LogP contribution in [0.3, 0.4) is 0 Å². The summed E-state index contributed by atoms with van der Waals surface area (Å²) in [6, 6.07) is 9.97. The second-order valence-corrected chi connectivity index (χ2v) is 7.52. The van der Waals surface area contributed by atoms with Gasteiger partial charge < -0.3 is 15.1 Å². The molecular weight excluding hydrogens is 375 g/mol. The van der Waals surface area contributed by atoms with Crippen LogP contribution in [0.1, 0.15) is 11.3 Å². The molecule has 0 saturated heterocycles. The number of furan rings is 1. The minimum Gasteiger partial charge on any atom is -0.467 e. The highest BCUT2D eigenvalue weighted by molar-refractivity contribution is 8.01. The number of amides is 1. The number of hydrogen-bond donors (Lipinski definition) is 2. The number of rotatable bonds is 9. The van der Waals surface area contributed by atoms with Gasteiger partial charge in [-0.1, -0.05) is 35.2 Å². The van der Waals surface area contributed by atoms with Crippen LogP contribution in [-0.4, -0.2) is 28.4 Å². The summed E-state index contributed by atoms with van der Waals surface area (Å²) in [6.45, 7) is 1.05. The van der Waals surface area contributed by atoms with E-state index in [0.29, 0.717) is 24.6 Å². The summed E-state index contributed by atoms with van der Waals surface area (Å²) in [4.78, 5) is 11.9. The maximum absolute atomic E-state index is 12.8. The molecule has 0 saturated carbocycles. The zero-order valence-electron chi connectivity index (χ0n) is 13.8. The van der Waals surface area contributed by atoms with Crippen molar-refractivity contribution in [2.75, 3.05) is 17.6 Å². The fourth-order valence-corrected chi connectivity index (χ4v) is 3.67. The van der Waals surface area contributed by atoms with Crippen molar-refractivity contribution in [1.82, 2.24) is 15.5 Å². The molecule has 0 spiro atoms. The molecule has 3 rings (SSSR count). The van der Waals surface area contributed by atoms with E-state index in [0.717, 1.165) is 15.7 Å². The third-order valence-corrected chi connectivity index (χ3v) is 5.39. The fourth-order valence-electron chi connectivity index (χ4n) is 2.09. The molecule has 0 unspecified atom stereocenters. The Morgan fingerprint density at radius 1 is 1.23 bits per heavy atom. The summed E-state index contributed by atoms with van der Waals surface area (Å²) < 4.78 is 18.8. The number of hydrogen-bond acceptors (Lipinski definition) is 7. The molecule has 26 heavy (non-hydrogen) atoms. The van der Waals surface area contributed by atoms with Crippen molar-refractivity contribution >= 4 is 34.1 Å². The zero-order valence-corrected chi connectivity index (χ0v) is 15.4. The average molecular weight is 392 g/mol. The van der Waals surface area contributed by atoms with Gasteiger partial charge in [-0.15, -0.1) is 10.2 Å². The molecule has 1 amide bonds. The number of nitrogens with zero attached hydrogens (tertiary/aromatic N) is 2. The van der Waals surface area contributed by atoms with Gasteiger partial charge in [0.15, 0.2) is 4.34 Å². The largest absolute Gasteiger partial charge is 0.467 e. The molecule has 0 aliphatic carbocycles. The highest BCUT2D eigenvalue weighted by atomic mass is 32.2. The SMILES string of the molecule is O=C(CSc1nnc(NCc2ccco2)s1)NCCc1ccc(F)cc1. The molecule has 2 N–H and O–H groups in total. The first kappa shape index (κ1) is 18.4. The summed E-state index contributed by atoms with van der Waals surface area (Å²) >= 11 is 2.73. The first-order chi connectivity index (χ1) is 12.7. The molecule has 1 aromatic carbocycles. The average Bonchev–Trinajstić information content (AvgIpc) is 3.31. The summed E-state index contributed by atoms with van der Waals surface area (Å²) in [5, 5.41) is 14.7. The number of carbonyl (C=O) groups excluding carboxylic acids is 1. The Morgan fingerprint density at radius 2 is 2.08 bits per heavy atom. The lowest BCUT2D eigenvalue weighted by molar-refractivity contribution is -0.118. The molecule has 2 aromatic heterocycles. The second-order valence-electron chi connectivity index (χ2n) is 5.32. The van der Waals surface area contributed by atoms with Gasteiger partial charge in [-0.3, -0.25) is 4.79 Å². The molecular formula is C17H17FN4O2S2. The van der Waals surface area contributed by atoms with Gasteiger partial charge in [0.1, 0.15) is 11.6 Å². The van der Waals surface area contributed by atoms with Crippen LogP contribution in [0, 0.1) is 5.82 Å².